The summed E-state index contributed by atoms with van der Waals surface area (Å²) in [6.07, 6.45) is 1.06. The van der Waals surface area contributed by atoms with Crippen molar-refractivity contribution in [2.75, 3.05) is 11.8 Å². The van der Waals surface area contributed by atoms with Crippen molar-refractivity contribution in [1.82, 2.24) is 9.97 Å². The van der Waals surface area contributed by atoms with Crippen LogP contribution < -0.4 is 20.7 Å². The largest absolute Gasteiger partial charge is 0.497 e. The predicted octanol–water partition coefficient (Wildman–Crippen LogP) is 1.33. The van der Waals surface area contributed by atoms with Crippen molar-refractivity contribution < 1.29 is 18.3 Å². The van der Waals surface area contributed by atoms with Gasteiger partial charge in [-0.25, -0.2) is 13.2 Å². The zero-order valence-corrected chi connectivity index (χ0v) is 15.9. The molecule has 0 bridgehead atoms. The Kier molecular flexibility index (Phi) is 5.50. The summed E-state index contributed by atoms with van der Waals surface area (Å²) in [6, 6.07) is 11.9. The van der Waals surface area contributed by atoms with E-state index in [1.165, 1.54) is 31.4 Å². The molecule has 0 spiro atoms. The number of nitrogens with one attached hydrogen (secondary N) is 3. The molecular weight excluding hydrogens is 400 g/mol. The smallest absolute Gasteiger partial charge is 0.328 e. The lowest BCUT2D eigenvalue weighted by atomic mass is 10.3. The van der Waals surface area contributed by atoms with E-state index in [0.717, 1.165) is 6.21 Å². The van der Waals surface area contributed by atoms with E-state index < -0.39 is 27.2 Å². The van der Waals surface area contributed by atoms with E-state index >= 15 is 0 Å². The fourth-order valence-electron chi connectivity index (χ4n) is 2.33. The average molecular weight is 416 g/mol. The minimum absolute atomic E-state index is 0.0111. The van der Waals surface area contributed by atoms with Crippen LogP contribution in [0.5, 0.6) is 11.6 Å². The number of nitrogens with zero attached hydrogens (tertiary/aromatic N) is 1. The van der Waals surface area contributed by atoms with Gasteiger partial charge in [-0.2, -0.15) is 0 Å². The summed E-state index contributed by atoms with van der Waals surface area (Å²) >= 11 is 0. The molecule has 150 valence electrons. The van der Waals surface area contributed by atoms with E-state index in [2.05, 4.69) is 9.71 Å². The lowest BCUT2D eigenvalue weighted by Gasteiger charge is -2.09. The molecule has 4 N–H and O–H groups in total. The quantitative estimate of drug-likeness (QED) is 0.445. The Morgan fingerprint density at radius 1 is 1.03 bits per heavy atom. The normalized spacial score (nSPS) is 11.5. The zero-order chi connectivity index (χ0) is 21.0. The van der Waals surface area contributed by atoms with Crippen LogP contribution in [0.3, 0.4) is 0 Å². The van der Waals surface area contributed by atoms with Crippen molar-refractivity contribution >= 4 is 27.6 Å². The number of sulfonamides is 1. The van der Waals surface area contributed by atoms with Gasteiger partial charge in [-0.1, -0.05) is 0 Å². The highest BCUT2D eigenvalue weighted by molar-refractivity contribution is 7.92. The Labute approximate surface area is 164 Å². The van der Waals surface area contributed by atoms with Gasteiger partial charge in [0.1, 0.15) is 11.3 Å². The van der Waals surface area contributed by atoms with Crippen LogP contribution in [0.25, 0.3) is 0 Å². The van der Waals surface area contributed by atoms with Crippen LogP contribution in [0.15, 0.2) is 68.0 Å². The topological polar surface area (TPSA) is 154 Å². The van der Waals surface area contributed by atoms with Crippen LogP contribution in [-0.4, -0.2) is 36.8 Å². The second kappa shape index (κ2) is 8.02. The minimum Gasteiger partial charge on any atom is -0.497 e. The first-order chi connectivity index (χ1) is 13.8. The first-order valence-electron chi connectivity index (χ1n) is 8.15. The monoisotopic (exact) mass is 416 g/mol. The number of anilines is 1. The Morgan fingerprint density at radius 2 is 1.69 bits per heavy atom. The predicted molar refractivity (Wildman–Crippen MR) is 107 cm³/mol. The van der Waals surface area contributed by atoms with Crippen LogP contribution in [0, 0.1) is 0 Å². The molecule has 0 aliphatic rings. The highest BCUT2D eigenvalue weighted by Crippen LogP contribution is 2.21. The number of benzene rings is 2. The number of ether oxygens (including phenoxy) is 1. The van der Waals surface area contributed by atoms with Crippen molar-refractivity contribution in [1.29, 1.82) is 0 Å². The summed E-state index contributed by atoms with van der Waals surface area (Å²) in [7, 11) is -2.30. The number of aromatic nitrogens is 2. The summed E-state index contributed by atoms with van der Waals surface area (Å²) < 4.78 is 32.4. The number of aromatic amines is 2. The van der Waals surface area contributed by atoms with Gasteiger partial charge in [-0.3, -0.25) is 24.5 Å². The molecule has 0 saturated carbocycles. The van der Waals surface area contributed by atoms with Gasteiger partial charge in [0, 0.05) is 11.9 Å². The summed E-state index contributed by atoms with van der Waals surface area (Å²) in [5.74, 6) is -0.0204. The number of rotatable bonds is 6. The standard InChI is InChI=1S/C18H16N4O6S/c1-28-13-6-2-12(3-7-13)22-29(26,27)14-8-4-11(5-9-14)19-10-15-16(23)20-18(25)21-17(15)24/h2-10,22H,1H3,(H3,20,21,23,24,25). The summed E-state index contributed by atoms with van der Waals surface area (Å²) in [6.45, 7) is 0. The molecule has 1 heterocycles. The van der Waals surface area contributed by atoms with Gasteiger partial charge in [-0.15, -0.1) is 0 Å². The van der Waals surface area contributed by atoms with Crippen molar-refractivity contribution in [3.8, 4) is 11.6 Å². The van der Waals surface area contributed by atoms with Crippen LogP contribution in [0.4, 0.5) is 11.4 Å². The third-order valence-corrected chi connectivity index (χ3v) is 5.19. The van der Waals surface area contributed by atoms with Crippen LogP contribution in [0.1, 0.15) is 5.56 Å². The number of hydrogen-bond acceptors (Lipinski definition) is 7. The zero-order valence-electron chi connectivity index (χ0n) is 15.0. The van der Waals surface area contributed by atoms with Crippen molar-refractivity contribution in [2.24, 2.45) is 4.99 Å². The van der Waals surface area contributed by atoms with Gasteiger partial charge >= 0.3 is 5.69 Å². The van der Waals surface area contributed by atoms with Crippen LogP contribution in [0.2, 0.25) is 0 Å². The summed E-state index contributed by atoms with van der Waals surface area (Å²) in [4.78, 5) is 30.7. The van der Waals surface area contributed by atoms with E-state index in [-0.39, 0.29) is 10.5 Å². The van der Waals surface area contributed by atoms with Gasteiger partial charge in [0.05, 0.1) is 17.7 Å². The van der Waals surface area contributed by atoms with Gasteiger partial charge < -0.3 is 9.84 Å². The Hall–Kier alpha value is -3.86. The molecular formula is C18H16N4O6S. The number of aromatic hydroxyl groups is 1. The third kappa shape index (κ3) is 4.71. The van der Waals surface area contributed by atoms with Gasteiger partial charge in [0.25, 0.3) is 15.6 Å². The van der Waals surface area contributed by atoms with Gasteiger partial charge in [0.15, 0.2) is 0 Å². The molecule has 0 saturated heterocycles. The maximum atomic E-state index is 12.5. The van der Waals surface area contributed by atoms with Crippen molar-refractivity contribution in [2.45, 2.75) is 4.90 Å². The molecule has 0 amide bonds. The fraction of sp³-hybridized carbons (Fsp3) is 0.0556. The van der Waals surface area contributed by atoms with Crippen molar-refractivity contribution in [3.63, 3.8) is 0 Å². The maximum Gasteiger partial charge on any atom is 0.328 e. The number of hydrogen-bond donors (Lipinski definition) is 4. The van der Waals surface area contributed by atoms with E-state index in [9.17, 15) is 23.1 Å². The molecule has 2 aromatic carbocycles. The Morgan fingerprint density at radius 3 is 2.28 bits per heavy atom. The molecule has 0 radical (unpaired) electrons. The van der Waals surface area contributed by atoms with Crippen LogP contribution >= 0.6 is 0 Å². The molecule has 0 aliphatic heterocycles. The maximum absolute atomic E-state index is 12.5. The second-order valence-corrected chi connectivity index (χ2v) is 7.44. The highest BCUT2D eigenvalue weighted by atomic mass is 32.2. The van der Waals surface area contributed by atoms with E-state index in [0.29, 0.717) is 17.1 Å². The molecule has 29 heavy (non-hydrogen) atoms. The molecule has 11 heteroatoms. The van der Waals surface area contributed by atoms with Gasteiger partial charge in [-0.05, 0) is 48.5 Å². The SMILES string of the molecule is COc1ccc(NS(=O)(=O)c2ccc(N=Cc3c(O)[nH]c(=O)[nH]c3=O)cc2)cc1. The molecule has 0 atom stereocenters. The first kappa shape index (κ1) is 19.9. The molecule has 3 aromatic rings. The number of aliphatic imine (C=N–C) groups is 1. The molecule has 0 aliphatic carbocycles. The molecule has 10 nitrogen and oxygen atoms in total. The third-order valence-electron chi connectivity index (χ3n) is 3.79. The average Bonchev–Trinajstić information content (AvgIpc) is 2.68. The molecule has 0 unspecified atom stereocenters. The van der Waals surface area contributed by atoms with Gasteiger partial charge in [0.2, 0.25) is 5.88 Å². The lowest BCUT2D eigenvalue weighted by molar-refractivity contribution is 0.415. The second-order valence-electron chi connectivity index (χ2n) is 5.76. The van der Waals surface area contributed by atoms with E-state index in [4.69, 9.17) is 4.74 Å². The molecule has 3 rings (SSSR count). The van der Waals surface area contributed by atoms with Crippen molar-refractivity contribution in [3.05, 3.63) is 74.9 Å². The summed E-state index contributed by atoms with van der Waals surface area (Å²) in [5.41, 5.74) is -1.18. The fourth-order valence-corrected chi connectivity index (χ4v) is 3.39. The van der Waals surface area contributed by atoms with E-state index in [1.54, 1.807) is 24.3 Å². The van der Waals surface area contributed by atoms with E-state index in [1.807, 2.05) is 9.97 Å². The first-order valence-corrected chi connectivity index (χ1v) is 9.63. The molecule has 1 aromatic heterocycles. The summed E-state index contributed by atoms with van der Waals surface area (Å²) in [5, 5.41) is 9.61. The molecule has 0 fully saturated rings. The minimum atomic E-state index is -3.81. The Bertz CT molecular complexity index is 1260. The number of H-pyrrole nitrogens is 2. The highest BCUT2D eigenvalue weighted by Gasteiger charge is 2.14. The Balaban J connectivity index is 1.78. The lowest BCUT2D eigenvalue weighted by Crippen LogP contribution is -2.24. The van der Waals surface area contributed by atoms with Crippen LogP contribution in [-0.2, 0) is 10.0 Å². The number of methoxy groups -OCH3 is 1.